The molecule has 4 unspecified atom stereocenters. The predicted molar refractivity (Wildman–Crippen MR) is 76.6 cm³/mol. The van der Waals surface area contributed by atoms with Gasteiger partial charge in [0.1, 0.15) is 5.54 Å². The van der Waals surface area contributed by atoms with E-state index in [9.17, 15) is 5.26 Å². The van der Waals surface area contributed by atoms with Crippen molar-refractivity contribution in [3.05, 3.63) is 0 Å². The van der Waals surface area contributed by atoms with Crippen LogP contribution in [0, 0.1) is 35.0 Å². The van der Waals surface area contributed by atoms with Crippen LogP contribution in [0.5, 0.6) is 0 Å². The molecule has 0 saturated heterocycles. The van der Waals surface area contributed by atoms with E-state index in [2.05, 4.69) is 23.3 Å². The number of nitrogens with one attached hydrogen (secondary N) is 1. The molecule has 0 aromatic heterocycles. The van der Waals surface area contributed by atoms with E-state index < -0.39 is 0 Å². The maximum absolute atomic E-state index is 9.56. The number of likely N-dealkylation sites (N-methyl/N-ethyl adjacent to an activating group) is 2. The smallest absolute Gasteiger partial charge is 0.122 e. The van der Waals surface area contributed by atoms with Crippen LogP contribution >= 0.6 is 0 Å². The van der Waals surface area contributed by atoms with E-state index in [1.165, 1.54) is 45.1 Å². The molecular formula is C16H27N3. The third-order valence-electron chi connectivity index (χ3n) is 5.87. The molecule has 3 aliphatic rings. The zero-order valence-electron chi connectivity index (χ0n) is 12.4. The van der Waals surface area contributed by atoms with Crippen molar-refractivity contribution < 1.29 is 0 Å². The van der Waals surface area contributed by atoms with Crippen molar-refractivity contribution in [2.75, 3.05) is 27.2 Å². The lowest BCUT2D eigenvalue weighted by molar-refractivity contribution is 0.180. The van der Waals surface area contributed by atoms with Crippen LogP contribution in [-0.4, -0.2) is 37.6 Å². The van der Waals surface area contributed by atoms with Gasteiger partial charge in [-0.15, -0.1) is 0 Å². The number of nitriles is 1. The highest BCUT2D eigenvalue weighted by atomic mass is 15.2. The maximum Gasteiger partial charge on any atom is 0.122 e. The molecule has 0 radical (unpaired) electrons. The molecule has 3 fully saturated rings. The Labute approximate surface area is 117 Å². The van der Waals surface area contributed by atoms with Gasteiger partial charge in [0.2, 0.25) is 0 Å². The fraction of sp³-hybridized carbons (Fsp3) is 0.938. The van der Waals surface area contributed by atoms with Gasteiger partial charge in [0, 0.05) is 13.1 Å². The van der Waals surface area contributed by atoms with Crippen LogP contribution in [0.3, 0.4) is 0 Å². The lowest BCUT2D eigenvalue weighted by atomic mass is 9.87. The lowest BCUT2D eigenvalue weighted by Crippen LogP contribution is -2.53. The standard InChI is InChI=1S/C16H27N3/c1-18-16(10-17,15-5-6-15)11-19(2)9-14-8-12-3-4-13(14)7-12/h12-15,18H,3-9,11H2,1-2H3. The van der Waals surface area contributed by atoms with Gasteiger partial charge in [0.25, 0.3) is 0 Å². The van der Waals surface area contributed by atoms with E-state index in [0.29, 0.717) is 5.92 Å². The first-order valence-electron chi connectivity index (χ1n) is 7.95. The summed E-state index contributed by atoms with van der Waals surface area (Å²) in [5, 5.41) is 12.9. The second-order valence-corrected chi connectivity index (χ2v) is 7.24. The van der Waals surface area contributed by atoms with Crippen molar-refractivity contribution in [2.45, 2.75) is 44.1 Å². The van der Waals surface area contributed by atoms with E-state index in [1.807, 2.05) is 7.05 Å². The van der Waals surface area contributed by atoms with Gasteiger partial charge in [-0.2, -0.15) is 5.26 Å². The number of hydrogen-bond acceptors (Lipinski definition) is 3. The highest BCUT2D eigenvalue weighted by Gasteiger charge is 2.46. The lowest BCUT2D eigenvalue weighted by Gasteiger charge is -2.34. The second-order valence-electron chi connectivity index (χ2n) is 7.24. The summed E-state index contributed by atoms with van der Waals surface area (Å²) in [6, 6.07) is 2.56. The third-order valence-corrected chi connectivity index (χ3v) is 5.87. The summed E-state index contributed by atoms with van der Waals surface area (Å²) < 4.78 is 0. The molecule has 0 heterocycles. The third kappa shape index (κ3) is 2.53. The molecule has 3 nitrogen and oxygen atoms in total. The first-order chi connectivity index (χ1) is 9.16. The zero-order valence-corrected chi connectivity index (χ0v) is 12.4. The predicted octanol–water partition coefficient (Wildman–Crippen LogP) is 2.25. The van der Waals surface area contributed by atoms with Crippen LogP contribution < -0.4 is 5.32 Å². The van der Waals surface area contributed by atoms with Gasteiger partial charge < -0.3 is 10.2 Å². The molecule has 1 N–H and O–H groups in total. The first-order valence-corrected chi connectivity index (χ1v) is 7.95. The number of rotatable bonds is 6. The van der Waals surface area contributed by atoms with Gasteiger partial charge in [-0.05, 0) is 69.9 Å². The Morgan fingerprint density at radius 3 is 2.53 bits per heavy atom. The van der Waals surface area contributed by atoms with Crippen molar-refractivity contribution in [3.8, 4) is 6.07 Å². The Morgan fingerprint density at radius 1 is 1.26 bits per heavy atom. The summed E-state index contributed by atoms with van der Waals surface area (Å²) in [5.74, 6) is 3.48. The Hall–Kier alpha value is -0.590. The van der Waals surface area contributed by atoms with Crippen LogP contribution in [0.2, 0.25) is 0 Å². The van der Waals surface area contributed by atoms with Crippen LogP contribution in [-0.2, 0) is 0 Å². The normalized spacial score (nSPS) is 36.4. The maximum atomic E-state index is 9.56. The second kappa shape index (κ2) is 5.07. The molecule has 0 aromatic rings. The van der Waals surface area contributed by atoms with Gasteiger partial charge in [-0.25, -0.2) is 0 Å². The molecule has 3 heteroatoms. The highest BCUT2D eigenvalue weighted by Crippen LogP contribution is 2.48. The van der Waals surface area contributed by atoms with E-state index in [4.69, 9.17) is 0 Å². The van der Waals surface area contributed by atoms with Crippen LogP contribution in [0.4, 0.5) is 0 Å². The summed E-state index contributed by atoms with van der Waals surface area (Å²) in [7, 11) is 4.16. The van der Waals surface area contributed by atoms with E-state index in [1.54, 1.807) is 0 Å². The molecule has 3 aliphatic carbocycles. The fourth-order valence-corrected chi connectivity index (χ4v) is 4.66. The zero-order chi connectivity index (χ0) is 13.5. The van der Waals surface area contributed by atoms with Crippen molar-refractivity contribution >= 4 is 0 Å². The Bertz CT molecular complexity index is 371. The Morgan fingerprint density at radius 2 is 2.05 bits per heavy atom. The van der Waals surface area contributed by atoms with Crippen molar-refractivity contribution in [2.24, 2.45) is 23.7 Å². The van der Waals surface area contributed by atoms with E-state index in [0.717, 1.165) is 24.3 Å². The van der Waals surface area contributed by atoms with Crippen LogP contribution in [0.1, 0.15) is 38.5 Å². The minimum atomic E-state index is -0.299. The van der Waals surface area contributed by atoms with Gasteiger partial charge in [0.05, 0.1) is 6.07 Å². The fourth-order valence-electron chi connectivity index (χ4n) is 4.66. The topological polar surface area (TPSA) is 39.1 Å². The summed E-state index contributed by atoms with van der Waals surface area (Å²) in [4.78, 5) is 2.42. The molecule has 0 aliphatic heterocycles. The van der Waals surface area contributed by atoms with Crippen molar-refractivity contribution in [3.63, 3.8) is 0 Å². The molecule has 4 atom stereocenters. The summed E-state index contributed by atoms with van der Waals surface area (Å²) in [6.45, 7) is 2.08. The quantitative estimate of drug-likeness (QED) is 0.797. The van der Waals surface area contributed by atoms with Gasteiger partial charge in [0.15, 0.2) is 0 Å². The van der Waals surface area contributed by atoms with Crippen LogP contribution in [0.15, 0.2) is 0 Å². The first kappa shape index (κ1) is 13.4. The number of fused-ring (bicyclic) bond motifs is 2. The Balaban J connectivity index is 1.55. The van der Waals surface area contributed by atoms with Crippen molar-refractivity contribution in [1.29, 1.82) is 5.26 Å². The molecule has 0 spiro atoms. The van der Waals surface area contributed by atoms with Gasteiger partial charge >= 0.3 is 0 Å². The van der Waals surface area contributed by atoms with Gasteiger partial charge in [-0.1, -0.05) is 6.42 Å². The molecule has 0 aromatic carbocycles. The SMILES string of the molecule is CNC(C#N)(CN(C)CC1CC2CCC1C2)C1CC1. The average Bonchev–Trinajstić information content (AvgIpc) is 3.07. The largest absolute Gasteiger partial charge is 0.303 e. The summed E-state index contributed by atoms with van der Waals surface area (Å²) in [5.41, 5.74) is -0.299. The monoisotopic (exact) mass is 261 g/mol. The molecule has 3 saturated carbocycles. The minimum Gasteiger partial charge on any atom is -0.303 e. The molecule has 19 heavy (non-hydrogen) atoms. The van der Waals surface area contributed by atoms with E-state index in [-0.39, 0.29) is 5.54 Å². The highest BCUT2D eigenvalue weighted by molar-refractivity contribution is 5.16. The van der Waals surface area contributed by atoms with E-state index >= 15 is 0 Å². The number of hydrogen-bond donors (Lipinski definition) is 1. The summed E-state index contributed by atoms with van der Waals surface area (Å²) >= 11 is 0. The molecule has 106 valence electrons. The molecular weight excluding hydrogens is 234 g/mol. The van der Waals surface area contributed by atoms with Crippen LogP contribution in [0.25, 0.3) is 0 Å². The molecule has 0 amide bonds. The molecule has 2 bridgehead atoms. The van der Waals surface area contributed by atoms with Gasteiger partial charge in [-0.3, -0.25) is 0 Å². The average molecular weight is 261 g/mol. The van der Waals surface area contributed by atoms with Crippen molar-refractivity contribution in [1.82, 2.24) is 10.2 Å². The number of nitrogens with zero attached hydrogens (tertiary/aromatic N) is 2. The summed E-state index contributed by atoms with van der Waals surface area (Å²) in [6.07, 6.45) is 8.30. The minimum absolute atomic E-state index is 0.299. The molecule has 3 rings (SSSR count). The Kier molecular flexibility index (Phi) is 3.57.